The SMILES string of the molecule is CCn1cc(-c2cn(COCCS(C)(C)C)nc2C(F)(F)F)c2cc(Br)ccc21. The van der Waals surface area contributed by atoms with Crippen LogP contribution in [0.3, 0.4) is 0 Å². The van der Waals surface area contributed by atoms with E-state index in [9.17, 15) is 13.2 Å². The first-order valence-electron chi connectivity index (χ1n) is 9.17. The first kappa shape index (κ1) is 22.2. The van der Waals surface area contributed by atoms with Crippen LogP contribution in [0.1, 0.15) is 12.6 Å². The van der Waals surface area contributed by atoms with Crippen molar-refractivity contribution in [1.82, 2.24) is 14.3 Å². The molecule has 2 heterocycles. The van der Waals surface area contributed by atoms with E-state index < -0.39 is 21.9 Å². The van der Waals surface area contributed by atoms with E-state index in [-0.39, 0.29) is 12.3 Å². The monoisotopic (exact) mass is 491 g/mol. The molecule has 0 radical (unpaired) electrons. The van der Waals surface area contributed by atoms with Crippen molar-refractivity contribution in [3.05, 3.63) is 40.8 Å². The molecule has 0 aliphatic heterocycles. The molecule has 29 heavy (non-hydrogen) atoms. The normalized spacial score (nSPS) is 13.4. The van der Waals surface area contributed by atoms with Gasteiger partial charge in [-0.05, 0) is 43.9 Å². The fourth-order valence-electron chi connectivity index (χ4n) is 3.11. The quantitative estimate of drug-likeness (QED) is 0.381. The lowest BCUT2D eigenvalue weighted by Gasteiger charge is -2.24. The summed E-state index contributed by atoms with van der Waals surface area (Å²) in [5.41, 5.74) is 0.576. The molecule has 0 spiro atoms. The van der Waals surface area contributed by atoms with Gasteiger partial charge in [-0.3, -0.25) is 0 Å². The van der Waals surface area contributed by atoms with Gasteiger partial charge in [0, 0.05) is 51.2 Å². The first-order chi connectivity index (χ1) is 13.5. The number of aryl methyl sites for hydroxylation is 1. The van der Waals surface area contributed by atoms with Crippen LogP contribution in [-0.4, -0.2) is 45.5 Å². The lowest BCUT2D eigenvalue weighted by molar-refractivity contribution is -0.141. The smallest absolute Gasteiger partial charge is 0.358 e. The minimum absolute atomic E-state index is 0.00524. The van der Waals surface area contributed by atoms with E-state index in [0.717, 1.165) is 21.1 Å². The number of ether oxygens (including phenoxy) is 1. The second-order valence-corrected chi connectivity index (χ2v) is 13.3. The molecule has 0 amide bonds. The van der Waals surface area contributed by atoms with Gasteiger partial charge in [0.15, 0.2) is 5.69 Å². The van der Waals surface area contributed by atoms with Crippen molar-refractivity contribution in [1.29, 1.82) is 0 Å². The number of nitrogens with zero attached hydrogens (tertiary/aromatic N) is 3. The number of halogens is 4. The maximum Gasteiger partial charge on any atom is 0.435 e. The summed E-state index contributed by atoms with van der Waals surface area (Å²) in [6.07, 6.45) is 5.16. The Morgan fingerprint density at radius 2 is 1.86 bits per heavy atom. The highest BCUT2D eigenvalue weighted by atomic mass is 79.9. The molecule has 0 atom stereocenters. The summed E-state index contributed by atoms with van der Waals surface area (Å²) >= 11 is 3.42. The van der Waals surface area contributed by atoms with Gasteiger partial charge in [-0.25, -0.2) is 14.7 Å². The van der Waals surface area contributed by atoms with Gasteiger partial charge in [-0.15, -0.1) is 0 Å². The second kappa shape index (κ2) is 8.35. The van der Waals surface area contributed by atoms with Crippen molar-refractivity contribution in [2.45, 2.75) is 26.4 Å². The van der Waals surface area contributed by atoms with E-state index in [1.165, 1.54) is 10.9 Å². The van der Waals surface area contributed by atoms with Gasteiger partial charge >= 0.3 is 6.18 Å². The molecule has 3 rings (SSSR count). The lowest BCUT2D eigenvalue weighted by Crippen LogP contribution is -2.12. The summed E-state index contributed by atoms with van der Waals surface area (Å²) in [6, 6.07) is 5.64. The molecule has 0 fully saturated rings. The van der Waals surface area contributed by atoms with Crippen molar-refractivity contribution in [3.63, 3.8) is 0 Å². The summed E-state index contributed by atoms with van der Waals surface area (Å²) in [7, 11) is -0.718. The highest BCUT2D eigenvalue weighted by Gasteiger charge is 2.38. The Balaban J connectivity index is 2.00. The molecule has 1 aromatic carbocycles. The maximum absolute atomic E-state index is 13.7. The Morgan fingerprint density at radius 1 is 1.14 bits per heavy atom. The number of alkyl halides is 3. The largest absolute Gasteiger partial charge is 0.435 e. The van der Waals surface area contributed by atoms with Crippen molar-refractivity contribution < 1.29 is 17.9 Å². The minimum Gasteiger partial charge on any atom is -0.358 e. The third kappa shape index (κ3) is 5.19. The summed E-state index contributed by atoms with van der Waals surface area (Å²) < 4.78 is 50.8. The number of hydrogen-bond donors (Lipinski definition) is 0. The lowest BCUT2D eigenvalue weighted by atomic mass is 10.1. The fourth-order valence-corrected chi connectivity index (χ4v) is 4.09. The standard InChI is InChI=1S/C20H25BrF3N3OS/c1-5-26-11-16(15-10-14(21)6-7-18(15)26)17-12-27(25-19(17)20(22,23)24)13-28-8-9-29(2,3)4/h6-7,10-12H,5,8-9,13H2,1-4H3. The Kier molecular flexibility index (Phi) is 6.41. The predicted molar refractivity (Wildman–Crippen MR) is 118 cm³/mol. The van der Waals surface area contributed by atoms with Crippen LogP contribution in [0.15, 0.2) is 35.1 Å². The topological polar surface area (TPSA) is 32.0 Å². The van der Waals surface area contributed by atoms with E-state index in [0.29, 0.717) is 18.7 Å². The zero-order valence-electron chi connectivity index (χ0n) is 16.9. The Labute approximate surface area is 178 Å². The summed E-state index contributed by atoms with van der Waals surface area (Å²) in [4.78, 5) is 0. The van der Waals surface area contributed by atoms with Crippen LogP contribution in [0.4, 0.5) is 13.2 Å². The second-order valence-electron chi connectivity index (χ2n) is 7.75. The van der Waals surface area contributed by atoms with E-state index in [1.54, 1.807) is 6.20 Å². The molecule has 0 N–H and O–H groups in total. The molecule has 0 bridgehead atoms. The van der Waals surface area contributed by atoms with Gasteiger partial charge in [0.2, 0.25) is 0 Å². The fraction of sp³-hybridized carbons (Fsp3) is 0.450. The molecular formula is C20H25BrF3N3OS. The zero-order chi connectivity index (χ0) is 21.4. The minimum atomic E-state index is -4.55. The number of rotatable bonds is 7. The summed E-state index contributed by atoms with van der Waals surface area (Å²) in [5.74, 6) is 0.894. The molecule has 0 saturated carbocycles. The van der Waals surface area contributed by atoms with Crippen LogP contribution in [-0.2, 0) is 24.2 Å². The molecule has 0 aliphatic rings. The molecular weight excluding hydrogens is 467 g/mol. The number of fused-ring (bicyclic) bond motifs is 1. The van der Waals surface area contributed by atoms with Crippen LogP contribution in [0.25, 0.3) is 22.0 Å². The average Bonchev–Trinajstić information content (AvgIpc) is 3.18. The first-order valence-corrected chi connectivity index (χ1v) is 13.0. The Bertz CT molecular complexity index is 1000. The highest BCUT2D eigenvalue weighted by Crippen LogP contribution is 2.40. The summed E-state index contributed by atoms with van der Waals surface area (Å²) in [5, 5.41) is 4.56. The number of hydrogen-bond acceptors (Lipinski definition) is 2. The van der Waals surface area contributed by atoms with Crippen LogP contribution in [0, 0.1) is 0 Å². The molecule has 3 aromatic rings. The van der Waals surface area contributed by atoms with Gasteiger partial charge in [0.25, 0.3) is 0 Å². The van der Waals surface area contributed by atoms with E-state index in [4.69, 9.17) is 4.74 Å². The van der Waals surface area contributed by atoms with Crippen molar-refractivity contribution >= 4 is 36.9 Å². The van der Waals surface area contributed by atoms with Crippen LogP contribution < -0.4 is 0 Å². The predicted octanol–water partition coefficient (Wildman–Crippen LogP) is 5.97. The van der Waals surface area contributed by atoms with Crippen LogP contribution in [0.2, 0.25) is 0 Å². The van der Waals surface area contributed by atoms with Crippen molar-refractivity contribution in [3.8, 4) is 11.1 Å². The third-order valence-electron chi connectivity index (χ3n) is 4.57. The van der Waals surface area contributed by atoms with E-state index in [1.807, 2.05) is 29.7 Å². The van der Waals surface area contributed by atoms with Gasteiger partial charge in [-0.2, -0.15) is 18.3 Å². The number of aromatic nitrogens is 3. The third-order valence-corrected chi connectivity index (χ3v) is 6.45. The molecule has 0 saturated heterocycles. The summed E-state index contributed by atoms with van der Waals surface area (Å²) in [6.45, 7) is 3.11. The highest BCUT2D eigenvalue weighted by molar-refractivity contribution is 9.10. The molecule has 0 unspecified atom stereocenters. The van der Waals surface area contributed by atoms with Gasteiger partial charge < -0.3 is 9.30 Å². The molecule has 0 aliphatic carbocycles. The Hall–Kier alpha value is -1.45. The van der Waals surface area contributed by atoms with Crippen LogP contribution >= 0.6 is 26.0 Å². The Morgan fingerprint density at radius 3 is 2.48 bits per heavy atom. The van der Waals surface area contributed by atoms with Crippen molar-refractivity contribution in [2.24, 2.45) is 0 Å². The van der Waals surface area contributed by atoms with E-state index in [2.05, 4.69) is 39.8 Å². The maximum atomic E-state index is 13.7. The van der Waals surface area contributed by atoms with E-state index >= 15 is 0 Å². The van der Waals surface area contributed by atoms with Gasteiger partial charge in [-0.1, -0.05) is 15.9 Å². The average molecular weight is 492 g/mol. The number of benzene rings is 1. The molecule has 4 nitrogen and oxygen atoms in total. The molecule has 9 heteroatoms. The molecule has 160 valence electrons. The van der Waals surface area contributed by atoms with Gasteiger partial charge in [0.1, 0.15) is 6.73 Å². The molecule has 2 aromatic heterocycles. The zero-order valence-corrected chi connectivity index (χ0v) is 19.3. The van der Waals surface area contributed by atoms with Gasteiger partial charge in [0.05, 0.1) is 6.61 Å². The van der Waals surface area contributed by atoms with Crippen molar-refractivity contribution in [2.75, 3.05) is 31.1 Å². The van der Waals surface area contributed by atoms with Crippen LogP contribution in [0.5, 0.6) is 0 Å².